The van der Waals surface area contributed by atoms with Crippen LogP contribution in [0.4, 0.5) is 0 Å². The van der Waals surface area contributed by atoms with Gasteiger partial charge in [0.05, 0.1) is 5.92 Å². The first-order chi connectivity index (χ1) is 10.5. The number of carbonyl (C=O) groups excluding carboxylic acids is 2. The maximum atomic E-state index is 12.6. The third kappa shape index (κ3) is 2.17. The number of rotatable bonds is 3. The van der Waals surface area contributed by atoms with Crippen LogP contribution >= 0.6 is 0 Å². The van der Waals surface area contributed by atoms with Crippen LogP contribution in [0.1, 0.15) is 52.4 Å². The second kappa shape index (κ2) is 5.24. The highest BCUT2D eigenvalue weighted by atomic mass is 16.2. The summed E-state index contributed by atoms with van der Waals surface area (Å²) in [6, 6.07) is 0.590. The van der Waals surface area contributed by atoms with Crippen LogP contribution in [-0.4, -0.2) is 35.3 Å². The molecule has 4 aliphatic rings. The summed E-state index contributed by atoms with van der Waals surface area (Å²) in [5.41, 5.74) is 0. The van der Waals surface area contributed by atoms with E-state index in [0.29, 0.717) is 19.0 Å². The van der Waals surface area contributed by atoms with Crippen molar-refractivity contribution in [2.45, 2.75) is 64.5 Å². The zero-order valence-corrected chi connectivity index (χ0v) is 13.8. The second-order valence-corrected chi connectivity index (χ2v) is 8.31. The lowest BCUT2D eigenvalue weighted by Gasteiger charge is -2.32. The van der Waals surface area contributed by atoms with Gasteiger partial charge in [-0.15, -0.1) is 0 Å². The molecule has 22 heavy (non-hydrogen) atoms. The first-order valence-electron chi connectivity index (χ1n) is 9.14. The molecular weight excluding hydrogens is 276 g/mol. The van der Waals surface area contributed by atoms with E-state index >= 15 is 0 Å². The van der Waals surface area contributed by atoms with Gasteiger partial charge < -0.3 is 10.2 Å². The van der Waals surface area contributed by atoms with Gasteiger partial charge in [0.25, 0.3) is 0 Å². The molecule has 0 spiro atoms. The van der Waals surface area contributed by atoms with Crippen LogP contribution < -0.4 is 5.32 Å². The van der Waals surface area contributed by atoms with Gasteiger partial charge in [-0.05, 0) is 63.2 Å². The van der Waals surface area contributed by atoms with Crippen LogP contribution in [0, 0.1) is 29.6 Å². The molecule has 0 aromatic heterocycles. The number of fused-ring (bicyclic) bond motifs is 5. The average Bonchev–Trinajstić information content (AvgIpc) is 3.17. The third-order valence-corrected chi connectivity index (χ3v) is 6.91. The number of hydrogen-bond acceptors (Lipinski definition) is 2. The van der Waals surface area contributed by atoms with Gasteiger partial charge in [-0.2, -0.15) is 0 Å². The van der Waals surface area contributed by atoms with Gasteiger partial charge in [0.2, 0.25) is 11.8 Å². The number of hydrogen-bond donors (Lipinski definition) is 1. The summed E-state index contributed by atoms with van der Waals surface area (Å²) in [5.74, 6) is 3.56. The van der Waals surface area contributed by atoms with Crippen LogP contribution in [0.2, 0.25) is 0 Å². The monoisotopic (exact) mass is 304 g/mol. The summed E-state index contributed by atoms with van der Waals surface area (Å²) in [7, 11) is 0. The van der Waals surface area contributed by atoms with Gasteiger partial charge >= 0.3 is 0 Å². The minimum absolute atomic E-state index is 0.128. The quantitative estimate of drug-likeness (QED) is 0.869. The van der Waals surface area contributed by atoms with Crippen molar-refractivity contribution in [2.24, 2.45) is 29.6 Å². The number of nitrogens with one attached hydrogen (secondary N) is 1. The standard InChI is InChI=1S/C18H28N2O2/c1-10(2)20-9-12(8-17(20)21)18(22)19-16-7-11-6-15(16)14-5-3-4-13(11)14/h10-16H,3-9H2,1-2H3,(H,19,22). The molecule has 6 atom stereocenters. The summed E-state index contributed by atoms with van der Waals surface area (Å²) in [4.78, 5) is 26.4. The van der Waals surface area contributed by atoms with E-state index in [9.17, 15) is 9.59 Å². The van der Waals surface area contributed by atoms with E-state index < -0.39 is 0 Å². The fourth-order valence-electron chi connectivity index (χ4n) is 5.94. The molecule has 4 fully saturated rings. The molecule has 3 aliphatic carbocycles. The van der Waals surface area contributed by atoms with Gasteiger partial charge in [-0.3, -0.25) is 9.59 Å². The minimum Gasteiger partial charge on any atom is -0.353 e. The molecule has 2 amide bonds. The van der Waals surface area contributed by atoms with E-state index in [0.717, 1.165) is 23.7 Å². The molecular formula is C18H28N2O2. The fraction of sp³-hybridized carbons (Fsp3) is 0.889. The largest absolute Gasteiger partial charge is 0.353 e. The third-order valence-electron chi connectivity index (χ3n) is 6.91. The van der Waals surface area contributed by atoms with E-state index in [2.05, 4.69) is 5.32 Å². The molecule has 4 nitrogen and oxygen atoms in total. The molecule has 1 N–H and O–H groups in total. The van der Waals surface area contributed by atoms with E-state index in [4.69, 9.17) is 0 Å². The Morgan fingerprint density at radius 1 is 1.18 bits per heavy atom. The first-order valence-corrected chi connectivity index (χ1v) is 9.14. The van der Waals surface area contributed by atoms with E-state index in [1.807, 2.05) is 18.7 Å². The van der Waals surface area contributed by atoms with Crippen molar-refractivity contribution in [3.63, 3.8) is 0 Å². The van der Waals surface area contributed by atoms with Gasteiger partial charge in [-0.1, -0.05) is 6.42 Å². The Bertz CT molecular complexity index is 489. The van der Waals surface area contributed by atoms with Crippen molar-refractivity contribution in [1.29, 1.82) is 0 Å². The first kappa shape index (κ1) is 14.5. The summed E-state index contributed by atoms with van der Waals surface area (Å²) < 4.78 is 0. The maximum Gasteiger partial charge on any atom is 0.225 e. The zero-order valence-electron chi connectivity index (χ0n) is 13.8. The summed E-state index contributed by atoms with van der Waals surface area (Å²) in [5, 5.41) is 3.33. The van der Waals surface area contributed by atoms with Crippen LogP contribution in [-0.2, 0) is 9.59 Å². The minimum atomic E-state index is -0.131. The molecule has 0 radical (unpaired) electrons. The smallest absolute Gasteiger partial charge is 0.225 e. The van der Waals surface area contributed by atoms with Crippen molar-refractivity contribution in [1.82, 2.24) is 10.2 Å². The van der Waals surface area contributed by atoms with Crippen molar-refractivity contribution in [3.8, 4) is 0 Å². The highest BCUT2D eigenvalue weighted by Crippen LogP contribution is 2.58. The summed E-state index contributed by atoms with van der Waals surface area (Å²) in [6.45, 7) is 4.65. The Balaban J connectivity index is 1.37. The predicted octanol–water partition coefficient (Wildman–Crippen LogP) is 2.18. The van der Waals surface area contributed by atoms with Gasteiger partial charge in [-0.25, -0.2) is 0 Å². The van der Waals surface area contributed by atoms with Gasteiger partial charge in [0.1, 0.15) is 0 Å². The normalized spacial score (nSPS) is 43.2. The summed E-state index contributed by atoms with van der Waals surface area (Å²) in [6.07, 6.45) is 7.11. The van der Waals surface area contributed by atoms with E-state index in [1.54, 1.807) is 0 Å². The SMILES string of the molecule is CC(C)N1CC(C(=O)NC2CC3CC2C2CCCC32)CC1=O. The van der Waals surface area contributed by atoms with Crippen molar-refractivity contribution in [2.75, 3.05) is 6.54 Å². The molecule has 0 aromatic rings. The Labute approximate surface area is 133 Å². The summed E-state index contributed by atoms with van der Waals surface area (Å²) >= 11 is 0. The highest BCUT2D eigenvalue weighted by Gasteiger charge is 2.54. The van der Waals surface area contributed by atoms with Crippen LogP contribution in [0.3, 0.4) is 0 Å². The van der Waals surface area contributed by atoms with Gasteiger partial charge in [0, 0.05) is 25.0 Å². The van der Waals surface area contributed by atoms with Crippen LogP contribution in [0.25, 0.3) is 0 Å². The Kier molecular flexibility index (Phi) is 3.46. The molecule has 6 unspecified atom stereocenters. The molecule has 2 bridgehead atoms. The topological polar surface area (TPSA) is 49.4 Å². The molecule has 4 heteroatoms. The van der Waals surface area contributed by atoms with Crippen LogP contribution in [0.5, 0.6) is 0 Å². The maximum absolute atomic E-state index is 12.6. The Morgan fingerprint density at radius 3 is 2.68 bits per heavy atom. The number of carbonyl (C=O) groups is 2. The molecule has 4 rings (SSSR count). The van der Waals surface area contributed by atoms with Crippen molar-refractivity contribution >= 4 is 11.8 Å². The molecule has 1 heterocycles. The van der Waals surface area contributed by atoms with E-state index in [-0.39, 0.29) is 23.8 Å². The lowest BCUT2D eigenvalue weighted by molar-refractivity contribution is -0.130. The molecule has 1 saturated heterocycles. The Hall–Kier alpha value is -1.06. The fourth-order valence-corrected chi connectivity index (χ4v) is 5.94. The molecule has 0 aromatic carbocycles. The van der Waals surface area contributed by atoms with Crippen molar-refractivity contribution in [3.05, 3.63) is 0 Å². The molecule has 3 saturated carbocycles. The Morgan fingerprint density at radius 2 is 1.95 bits per heavy atom. The predicted molar refractivity (Wildman–Crippen MR) is 83.9 cm³/mol. The lowest BCUT2D eigenvalue weighted by Crippen LogP contribution is -2.45. The highest BCUT2D eigenvalue weighted by molar-refractivity contribution is 5.89. The number of amides is 2. The molecule has 1 aliphatic heterocycles. The number of likely N-dealkylation sites (tertiary alicyclic amines) is 1. The average molecular weight is 304 g/mol. The van der Waals surface area contributed by atoms with Crippen LogP contribution in [0.15, 0.2) is 0 Å². The van der Waals surface area contributed by atoms with Gasteiger partial charge in [0.15, 0.2) is 0 Å². The number of nitrogens with zero attached hydrogens (tertiary/aromatic N) is 1. The second-order valence-electron chi connectivity index (χ2n) is 8.31. The zero-order chi connectivity index (χ0) is 15.4. The van der Waals surface area contributed by atoms with Crippen molar-refractivity contribution < 1.29 is 9.59 Å². The lowest BCUT2D eigenvalue weighted by atomic mass is 9.79. The van der Waals surface area contributed by atoms with E-state index in [1.165, 1.54) is 32.1 Å². The molecule has 122 valence electrons.